The van der Waals surface area contributed by atoms with Gasteiger partial charge in [-0.3, -0.25) is 4.79 Å². The molecule has 0 radical (unpaired) electrons. The van der Waals surface area contributed by atoms with Gasteiger partial charge in [0.1, 0.15) is 36.1 Å². The number of anilines is 1. The Hall–Kier alpha value is -6.55. The van der Waals surface area contributed by atoms with Crippen LogP contribution in [0.2, 0.25) is 0 Å². The van der Waals surface area contributed by atoms with Crippen LogP contribution >= 0.6 is 0 Å². The number of hydrogen-bond acceptors (Lipinski definition) is 11. The number of aliphatic hydroxyl groups is 5. The van der Waals surface area contributed by atoms with Crippen LogP contribution in [0, 0.1) is 29.8 Å². The van der Waals surface area contributed by atoms with Gasteiger partial charge in [-0.15, -0.1) is 0 Å². The molecule has 2 heterocycles. The molecule has 7 atom stereocenters. The Balaban J connectivity index is 1.16. The number of aryl methyl sites for hydroxylation is 2. The van der Waals surface area contributed by atoms with Crippen LogP contribution in [0.4, 0.5) is 5.69 Å². The number of ether oxygens (including phenoxy) is 3. The molecule has 0 fully saturated rings. The van der Waals surface area contributed by atoms with Gasteiger partial charge >= 0.3 is 0 Å². The van der Waals surface area contributed by atoms with Crippen LogP contribution in [0.15, 0.2) is 115 Å². The van der Waals surface area contributed by atoms with Crippen molar-refractivity contribution in [3.63, 3.8) is 0 Å². The number of Topliss-reactive ketones (excluding diaryl/α,β-unsaturated/α-hetero) is 1. The third-order valence-electron chi connectivity index (χ3n) is 14.0. The van der Waals surface area contributed by atoms with Crippen molar-refractivity contribution < 1.29 is 49.6 Å². The van der Waals surface area contributed by atoms with E-state index in [0.29, 0.717) is 60.2 Å². The first-order chi connectivity index (χ1) is 33.9. The maximum atomic E-state index is 14.1. The zero-order valence-electron chi connectivity index (χ0n) is 40.2. The van der Waals surface area contributed by atoms with E-state index < -0.39 is 24.4 Å². The van der Waals surface area contributed by atoms with Crippen molar-refractivity contribution in [2.24, 2.45) is 17.8 Å². The molecular formula is C59H65NO10. The highest BCUT2D eigenvalue weighted by atomic mass is 16.5. The van der Waals surface area contributed by atoms with E-state index in [1.165, 1.54) is 0 Å². The third kappa shape index (κ3) is 12.1. The summed E-state index contributed by atoms with van der Waals surface area (Å²) < 4.78 is 18.7. The zero-order chi connectivity index (χ0) is 49.3. The van der Waals surface area contributed by atoms with Crippen LogP contribution < -0.4 is 14.8 Å². The summed E-state index contributed by atoms with van der Waals surface area (Å²) in [6, 6.07) is 27.0. The summed E-state index contributed by atoms with van der Waals surface area (Å²) in [5.41, 5.74) is 6.81. The number of methoxy groups -OCH3 is 1. The molecule has 70 heavy (non-hydrogen) atoms. The number of phenols is 1. The molecule has 366 valence electrons. The summed E-state index contributed by atoms with van der Waals surface area (Å²) in [6.07, 6.45) is 13.0. The van der Waals surface area contributed by atoms with Crippen LogP contribution in [0.5, 0.6) is 17.2 Å². The number of aliphatic hydroxyl groups excluding tert-OH is 4. The highest BCUT2D eigenvalue weighted by Gasteiger charge is 2.31. The number of carbonyl (C=O) groups is 1. The molecule has 0 amide bonds. The number of ketones is 1. The molecule has 5 aromatic carbocycles. The lowest BCUT2D eigenvalue weighted by Gasteiger charge is -2.30. The number of carbonyl (C=O) groups excluding carboxylic acids is 1. The second-order valence-electron chi connectivity index (χ2n) is 19.2. The first kappa shape index (κ1) is 49.9. The van der Waals surface area contributed by atoms with Crippen molar-refractivity contribution in [2.45, 2.75) is 102 Å². The number of rotatable bonds is 15. The first-order valence-corrected chi connectivity index (χ1v) is 24.5. The number of hydrogen-bond donors (Lipinski definition) is 7. The van der Waals surface area contributed by atoms with Crippen molar-refractivity contribution in [1.82, 2.24) is 0 Å². The second kappa shape index (κ2) is 22.9. The van der Waals surface area contributed by atoms with Gasteiger partial charge in [0.25, 0.3) is 0 Å². The largest absolute Gasteiger partial charge is 0.508 e. The molecular weight excluding hydrogens is 883 g/mol. The fraction of sp³-hybridized carbons (Fsp3) is 0.373. The highest BCUT2D eigenvalue weighted by Crippen LogP contribution is 2.47. The molecule has 0 spiro atoms. The van der Waals surface area contributed by atoms with E-state index in [9.17, 15) is 35.4 Å². The minimum absolute atomic E-state index is 0.0171. The third-order valence-corrected chi connectivity index (χ3v) is 14.0. The van der Waals surface area contributed by atoms with Gasteiger partial charge in [-0.2, -0.15) is 0 Å². The van der Waals surface area contributed by atoms with E-state index in [0.717, 1.165) is 51.7 Å². The van der Waals surface area contributed by atoms with Crippen molar-refractivity contribution in [1.29, 1.82) is 0 Å². The minimum Gasteiger partial charge on any atom is -0.508 e. The smallest absolute Gasteiger partial charge is 0.178 e. The molecule has 2 aliphatic carbocycles. The lowest BCUT2D eigenvalue weighted by Crippen LogP contribution is -2.26. The van der Waals surface area contributed by atoms with Crippen molar-refractivity contribution in [3.8, 4) is 29.3 Å². The summed E-state index contributed by atoms with van der Waals surface area (Å²) >= 11 is 0. The topological polar surface area (TPSA) is 178 Å². The van der Waals surface area contributed by atoms with Gasteiger partial charge in [-0.1, -0.05) is 79.6 Å². The molecule has 4 aliphatic rings. The molecule has 11 heteroatoms. The molecule has 0 saturated heterocycles. The molecule has 0 saturated carbocycles. The Morgan fingerprint density at radius 1 is 0.914 bits per heavy atom. The Kier molecular flexibility index (Phi) is 16.3. The lowest BCUT2D eigenvalue weighted by atomic mass is 9.77. The van der Waals surface area contributed by atoms with Gasteiger partial charge in [0.15, 0.2) is 17.8 Å². The minimum atomic E-state index is -1.87. The van der Waals surface area contributed by atoms with Gasteiger partial charge in [0.2, 0.25) is 0 Å². The Morgan fingerprint density at radius 3 is 2.50 bits per heavy atom. The number of fused-ring (bicyclic) bond motifs is 9. The molecule has 5 aromatic rings. The Bertz CT molecular complexity index is 2800. The Morgan fingerprint density at radius 2 is 1.73 bits per heavy atom. The standard InChI is InChI=1S/C59H65NO10/c1-36-12-20-49-53-35-70-56-27-40(16-21-55(56)68-3)15-18-47(64)30-48(29-44-28-46(63)19-17-42(44)25-41(34-61)14-13-39-10-7-11-45(26-39)60-33-37(2)62)69-23-22-43(24-38-8-5-4-6-9-38)57-52(31-51(53)59(66)67)58(49)50(36)32-54(57)65/h4-12,16-17,19-21,26-28,31-32,36-37,41-44,48,59-63,65-67H,13-15,18,24-25,29-30,33-35H2,1-3H3/t36-,37+,41-,42+,43-,44+,48+/m1/s1. The molecule has 0 aromatic heterocycles. The molecule has 7 N–H and O–H groups in total. The average molecular weight is 948 g/mol. The SMILES string of the molecule is COc1ccc2cc1OCc1c(C(O)O)cc3c(c(O)cc4c3c1C=C[C@H]4C)[C@@H](Cc1ccccc1)C#CO[C@@H](C[C@@H]1C=C(O)C=C[C@H]1C[C@H](CO)CCc1cccc(NC[C@H](C)O)c1)CC(=O)CC2. The molecule has 2 aliphatic heterocycles. The fourth-order valence-corrected chi connectivity index (χ4v) is 10.3. The van der Waals surface area contributed by atoms with Crippen molar-refractivity contribution in [3.05, 3.63) is 159 Å². The number of phenolic OH excluding ortho intramolecular Hbond substituents is 1. The predicted molar refractivity (Wildman–Crippen MR) is 273 cm³/mol. The lowest BCUT2D eigenvalue weighted by molar-refractivity contribution is -0.121. The number of benzene rings is 5. The van der Waals surface area contributed by atoms with Gasteiger partial charge in [-0.05, 0) is 150 Å². The maximum Gasteiger partial charge on any atom is 0.178 e. The van der Waals surface area contributed by atoms with E-state index in [1.54, 1.807) is 38.3 Å². The Labute approximate surface area is 410 Å². The van der Waals surface area contributed by atoms with Crippen LogP contribution in [-0.2, 0) is 35.4 Å². The molecule has 6 bridgehead atoms. The summed E-state index contributed by atoms with van der Waals surface area (Å²) in [4.78, 5) is 14.1. The van der Waals surface area contributed by atoms with E-state index in [4.69, 9.17) is 14.2 Å². The van der Waals surface area contributed by atoms with Gasteiger partial charge in [0, 0.05) is 54.3 Å². The zero-order valence-corrected chi connectivity index (χ0v) is 40.2. The van der Waals surface area contributed by atoms with Gasteiger partial charge in [-0.25, -0.2) is 0 Å². The number of aromatic hydroxyl groups is 1. The van der Waals surface area contributed by atoms with E-state index in [2.05, 4.69) is 36.4 Å². The monoisotopic (exact) mass is 947 g/mol. The number of allylic oxidation sites excluding steroid dienone is 4. The second-order valence-corrected chi connectivity index (χ2v) is 19.2. The van der Waals surface area contributed by atoms with Crippen molar-refractivity contribution in [2.75, 3.05) is 25.6 Å². The van der Waals surface area contributed by atoms with E-state index in [-0.39, 0.29) is 72.6 Å². The van der Waals surface area contributed by atoms with E-state index in [1.807, 2.05) is 78.9 Å². The molecule has 11 nitrogen and oxygen atoms in total. The maximum absolute atomic E-state index is 14.1. The summed E-state index contributed by atoms with van der Waals surface area (Å²) in [5, 5.41) is 70.2. The van der Waals surface area contributed by atoms with Crippen molar-refractivity contribution >= 4 is 28.3 Å². The van der Waals surface area contributed by atoms with Crippen LogP contribution in [0.25, 0.3) is 16.8 Å². The fourth-order valence-electron chi connectivity index (χ4n) is 10.3. The van der Waals surface area contributed by atoms with Crippen LogP contribution in [0.3, 0.4) is 0 Å². The van der Waals surface area contributed by atoms with Gasteiger partial charge < -0.3 is 50.2 Å². The van der Waals surface area contributed by atoms with Crippen LogP contribution in [-0.4, -0.2) is 68.9 Å². The molecule has 9 rings (SSSR count). The quantitative estimate of drug-likeness (QED) is 0.0393. The summed E-state index contributed by atoms with van der Waals surface area (Å²) in [5.74, 6) is 3.32. The number of nitrogens with one attached hydrogen (secondary N) is 1. The van der Waals surface area contributed by atoms with Crippen LogP contribution in [0.1, 0.15) is 109 Å². The summed E-state index contributed by atoms with van der Waals surface area (Å²) in [7, 11) is 1.56. The highest BCUT2D eigenvalue weighted by molar-refractivity contribution is 6.01. The van der Waals surface area contributed by atoms with E-state index >= 15 is 0 Å². The van der Waals surface area contributed by atoms with Gasteiger partial charge in [0.05, 0.1) is 19.1 Å². The summed E-state index contributed by atoms with van der Waals surface area (Å²) in [6.45, 7) is 4.20. The molecule has 0 unspecified atom stereocenters. The normalized spacial score (nSPS) is 20.9. The average Bonchev–Trinajstić information content (AvgIpc) is 3.34. The predicted octanol–water partition coefficient (Wildman–Crippen LogP) is 9.88. The first-order valence-electron chi connectivity index (χ1n) is 24.5.